The van der Waals surface area contributed by atoms with E-state index in [2.05, 4.69) is 16.6 Å². The molecule has 2 amide bonds. The standard InChI is InChI=1S/C23H25ClN4O4S/c1-3-8-26-23(29)28-9-6-19(7-10-28)27-33(30,31)22-13-17(15-25)4-5-21(22)32-20-12-16(2)11-18(24)14-20/h3-5,11-14,19,27H,1,6-10H2,2H3,(H,26,29). The van der Waals surface area contributed by atoms with Crippen LogP contribution in [0.15, 0.2) is 53.9 Å². The van der Waals surface area contributed by atoms with Crippen LogP contribution in [-0.4, -0.2) is 45.0 Å². The summed E-state index contributed by atoms with van der Waals surface area (Å²) in [6.45, 7) is 6.62. The largest absolute Gasteiger partial charge is 0.456 e. The number of benzene rings is 2. The number of likely N-dealkylation sites (tertiary alicyclic amines) is 1. The van der Waals surface area contributed by atoms with Gasteiger partial charge >= 0.3 is 6.03 Å². The molecule has 3 rings (SSSR count). The number of hydrogen-bond donors (Lipinski definition) is 2. The van der Waals surface area contributed by atoms with Gasteiger partial charge in [0.15, 0.2) is 0 Å². The van der Waals surface area contributed by atoms with Gasteiger partial charge in [0.2, 0.25) is 10.0 Å². The van der Waals surface area contributed by atoms with Crippen molar-refractivity contribution in [3.05, 3.63) is 65.2 Å². The molecule has 8 nitrogen and oxygen atoms in total. The molecule has 174 valence electrons. The molecule has 0 aliphatic carbocycles. The first kappa shape index (κ1) is 24.6. The van der Waals surface area contributed by atoms with Gasteiger partial charge in [0, 0.05) is 30.7 Å². The first-order chi connectivity index (χ1) is 15.7. The number of urea groups is 1. The highest BCUT2D eigenvalue weighted by Gasteiger charge is 2.28. The number of ether oxygens (including phenoxy) is 1. The van der Waals surface area contributed by atoms with Crippen LogP contribution in [0.4, 0.5) is 4.79 Å². The van der Waals surface area contributed by atoms with Crippen LogP contribution in [-0.2, 0) is 10.0 Å². The lowest BCUT2D eigenvalue weighted by atomic mass is 10.1. The maximum absolute atomic E-state index is 13.2. The summed E-state index contributed by atoms with van der Waals surface area (Å²) in [5.41, 5.74) is 1.05. The van der Waals surface area contributed by atoms with E-state index in [0.717, 1.165) is 5.56 Å². The fourth-order valence-electron chi connectivity index (χ4n) is 3.52. The van der Waals surface area contributed by atoms with Crippen molar-refractivity contribution >= 4 is 27.7 Å². The molecule has 0 aromatic heterocycles. The Hall–Kier alpha value is -3.06. The summed E-state index contributed by atoms with van der Waals surface area (Å²) in [7, 11) is -4.01. The average molecular weight is 489 g/mol. The number of aryl methyl sites for hydroxylation is 1. The summed E-state index contributed by atoms with van der Waals surface area (Å²) in [5, 5.41) is 12.5. The highest BCUT2D eigenvalue weighted by Crippen LogP contribution is 2.32. The van der Waals surface area contributed by atoms with Gasteiger partial charge in [0.05, 0.1) is 11.6 Å². The first-order valence-corrected chi connectivity index (χ1v) is 12.2. The predicted molar refractivity (Wildman–Crippen MR) is 126 cm³/mol. The molecule has 2 aromatic carbocycles. The predicted octanol–water partition coefficient (Wildman–Crippen LogP) is 3.95. The number of nitrogens with zero attached hydrogens (tertiary/aromatic N) is 2. The van der Waals surface area contributed by atoms with E-state index in [1.807, 2.05) is 13.0 Å². The van der Waals surface area contributed by atoms with Crippen LogP contribution < -0.4 is 14.8 Å². The molecule has 1 saturated heterocycles. The molecule has 10 heteroatoms. The number of amides is 2. The molecule has 0 radical (unpaired) electrons. The van der Waals surface area contributed by atoms with Crippen molar-refractivity contribution < 1.29 is 17.9 Å². The molecule has 1 fully saturated rings. The third kappa shape index (κ3) is 6.48. The molecular weight excluding hydrogens is 464 g/mol. The van der Waals surface area contributed by atoms with E-state index in [-0.39, 0.29) is 28.3 Å². The van der Waals surface area contributed by atoms with Crippen LogP contribution in [0.2, 0.25) is 5.02 Å². The van der Waals surface area contributed by atoms with Crippen molar-refractivity contribution in [2.75, 3.05) is 19.6 Å². The van der Waals surface area contributed by atoms with Crippen molar-refractivity contribution in [3.63, 3.8) is 0 Å². The van der Waals surface area contributed by atoms with Crippen molar-refractivity contribution in [3.8, 4) is 17.6 Å². The van der Waals surface area contributed by atoms with Crippen molar-refractivity contribution in [1.29, 1.82) is 5.26 Å². The zero-order valence-electron chi connectivity index (χ0n) is 18.2. The minimum absolute atomic E-state index is 0.0874. The fourth-order valence-corrected chi connectivity index (χ4v) is 5.25. The average Bonchev–Trinajstić information content (AvgIpc) is 2.77. The topological polar surface area (TPSA) is 112 Å². The zero-order valence-corrected chi connectivity index (χ0v) is 19.7. The molecule has 0 bridgehead atoms. The van der Waals surface area contributed by atoms with Crippen LogP contribution in [0.5, 0.6) is 11.5 Å². The van der Waals surface area contributed by atoms with Crippen molar-refractivity contribution in [2.45, 2.75) is 30.7 Å². The van der Waals surface area contributed by atoms with Crippen LogP contribution >= 0.6 is 11.6 Å². The molecule has 2 aromatic rings. The second-order valence-corrected chi connectivity index (χ2v) is 9.82. The van der Waals surface area contributed by atoms with Crippen LogP contribution in [0.3, 0.4) is 0 Å². The summed E-state index contributed by atoms with van der Waals surface area (Å²) < 4.78 is 35.0. The third-order valence-corrected chi connectivity index (χ3v) is 6.87. The molecular formula is C23H25ClN4O4S. The molecule has 2 N–H and O–H groups in total. The summed E-state index contributed by atoms with van der Waals surface area (Å²) in [5.74, 6) is 0.476. The van der Waals surface area contributed by atoms with E-state index in [4.69, 9.17) is 16.3 Å². The monoisotopic (exact) mass is 488 g/mol. The molecule has 1 aliphatic heterocycles. The van der Waals surface area contributed by atoms with E-state index in [1.165, 1.54) is 18.2 Å². The van der Waals surface area contributed by atoms with Gasteiger partial charge in [-0.25, -0.2) is 17.9 Å². The summed E-state index contributed by atoms with van der Waals surface area (Å²) in [4.78, 5) is 13.6. The van der Waals surface area contributed by atoms with Gasteiger partial charge in [-0.1, -0.05) is 17.7 Å². The second-order valence-electron chi connectivity index (χ2n) is 7.70. The van der Waals surface area contributed by atoms with Gasteiger partial charge in [-0.2, -0.15) is 5.26 Å². The van der Waals surface area contributed by atoms with E-state index in [9.17, 15) is 18.5 Å². The number of halogens is 1. The number of piperidine rings is 1. The summed E-state index contributed by atoms with van der Waals surface area (Å²) in [6.07, 6.45) is 2.52. The Balaban J connectivity index is 1.78. The van der Waals surface area contributed by atoms with Gasteiger partial charge in [-0.05, 0) is 61.7 Å². The number of carbonyl (C=O) groups is 1. The lowest BCUT2D eigenvalue weighted by Crippen LogP contribution is -2.49. The van der Waals surface area contributed by atoms with Crippen molar-refractivity contribution in [2.24, 2.45) is 0 Å². The van der Waals surface area contributed by atoms with Crippen LogP contribution in [0.25, 0.3) is 0 Å². The molecule has 0 atom stereocenters. The van der Waals surface area contributed by atoms with Crippen molar-refractivity contribution in [1.82, 2.24) is 14.9 Å². The van der Waals surface area contributed by atoms with Gasteiger partial charge < -0.3 is 15.0 Å². The second kappa shape index (κ2) is 10.7. The van der Waals surface area contributed by atoms with Gasteiger partial charge in [-0.3, -0.25) is 0 Å². The lowest BCUT2D eigenvalue weighted by molar-refractivity contribution is 0.181. The minimum atomic E-state index is -4.01. The Kier molecular flexibility index (Phi) is 7.97. The lowest BCUT2D eigenvalue weighted by Gasteiger charge is -2.32. The summed E-state index contributed by atoms with van der Waals surface area (Å²) >= 11 is 6.09. The zero-order chi connectivity index (χ0) is 24.0. The Bertz CT molecular complexity index is 1170. The van der Waals surface area contributed by atoms with E-state index >= 15 is 0 Å². The molecule has 1 aliphatic rings. The normalized spacial score (nSPS) is 14.4. The van der Waals surface area contributed by atoms with E-state index in [1.54, 1.807) is 29.2 Å². The number of rotatable bonds is 7. The van der Waals surface area contributed by atoms with E-state index in [0.29, 0.717) is 43.2 Å². The molecule has 0 saturated carbocycles. The third-order valence-electron chi connectivity index (χ3n) is 5.11. The maximum Gasteiger partial charge on any atom is 0.317 e. The number of carbonyl (C=O) groups excluding carboxylic acids is 1. The summed E-state index contributed by atoms with van der Waals surface area (Å²) in [6, 6.07) is 10.7. The van der Waals surface area contributed by atoms with Gasteiger partial charge in [-0.15, -0.1) is 6.58 Å². The Morgan fingerprint density at radius 1 is 1.30 bits per heavy atom. The highest BCUT2D eigenvalue weighted by molar-refractivity contribution is 7.89. The SMILES string of the molecule is C=CCNC(=O)N1CCC(NS(=O)(=O)c2cc(C#N)ccc2Oc2cc(C)cc(Cl)c2)CC1. The molecule has 1 heterocycles. The molecule has 0 unspecified atom stereocenters. The molecule has 0 spiro atoms. The van der Waals surface area contributed by atoms with Crippen LogP contribution in [0.1, 0.15) is 24.0 Å². The first-order valence-electron chi connectivity index (χ1n) is 10.4. The quantitative estimate of drug-likeness (QED) is 0.573. The van der Waals surface area contributed by atoms with Gasteiger partial charge in [0.1, 0.15) is 16.4 Å². The van der Waals surface area contributed by atoms with E-state index < -0.39 is 10.0 Å². The Morgan fingerprint density at radius 3 is 2.67 bits per heavy atom. The van der Waals surface area contributed by atoms with Gasteiger partial charge in [0.25, 0.3) is 0 Å². The Labute approximate surface area is 198 Å². The number of nitrogens with one attached hydrogen (secondary N) is 2. The molecule has 33 heavy (non-hydrogen) atoms. The minimum Gasteiger partial charge on any atom is -0.456 e. The maximum atomic E-state index is 13.2. The smallest absolute Gasteiger partial charge is 0.317 e. The number of hydrogen-bond acceptors (Lipinski definition) is 5. The highest BCUT2D eigenvalue weighted by atomic mass is 35.5. The van der Waals surface area contributed by atoms with Crippen LogP contribution in [0, 0.1) is 18.3 Å². The fraction of sp³-hybridized carbons (Fsp3) is 0.304. The Morgan fingerprint density at radius 2 is 2.03 bits per heavy atom. The number of sulfonamides is 1. The number of nitriles is 1.